The maximum absolute atomic E-state index is 9.28. The Morgan fingerprint density at radius 2 is 1.74 bits per heavy atom. The molecule has 1 aliphatic carbocycles. The monoisotopic (exact) mass is 249 g/mol. The molecule has 0 N–H and O–H groups in total. The standard InChI is InChI=1S/C17H15NO/c1-19-16-7-3-5-14(11-16)13-4-2-6-15(10-13)17(12-18)8-9-17/h2-7,10-11H,8-9H2,1H3. The third-order valence-electron chi connectivity index (χ3n) is 3.78. The normalized spacial score (nSPS) is 15.6. The maximum Gasteiger partial charge on any atom is 0.119 e. The van der Waals surface area contributed by atoms with Gasteiger partial charge in [-0.1, -0.05) is 30.3 Å². The van der Waals surface area contributed by atoms with Crippen molar-refractivity contribution in [2.24, 2.45) is 0 Å². The average molecular weight is 249 g/mol. The predicted molar refractivity (Wildman–Crippen MR) is 75.0 cm³/mol. The van der Waals surface area contributed by atoms with Crippen molar-refractivity contribution in [3.05, 3.63) is 54.1 Å². The number of nitrogens with zero attached hydrogens (tertiary/aromatic N) is 1. The summed E-state index contributed by atoms with van der Waals surface area (Å²) < 4.78 is 5.26. The first-order chi connectivity index (χ1) is 9.27. The average Bonchev–Trinajstić information content (AvgIpc) is 3.29. The minimum Gasteiger partial charge on any atom is -0.497 e. The van der Waals surface area contributed by atoms with Crippen LogP contribution in [0.2, 0.25) is 0 Å². The summed E-state index contributed by atoms with van der Waals surface area (Å²) in [5.74, 6) is 0.851. The second-order valence-electron chi connectivity index (χ2n) is 5.01. The van der Waals surface area contributed by atoms with Crippen molar-refractivity contribution in [1.82, 2.24) is 0 Å². The lowest BCUT2D eigenvalue weighted by Gasteiger charge is -2.09. The van der Waals surface area contributed by atoms with E-state index in [1.165, 1.54) is 0 Å². The molecule has 94 valence electrons. The summed E-state index contributed by atoms with van der Waals surface area (Å²) in [6, 6.07) is 18.7. The topological polar surface area (TPSA) is 33.0 Å². The Bertz CT molecular complexity index is 650. The smallest absolute Gasteiger partial charge is 0.119 e. The zero-order chi connectivity index (χ0) is 13.3. The third kappa shape index (κ3) is 2.08. The van der Waals surface area contributed by atoms with Crippen LogP contribution in [0.15, 0.2) is 48.5 Å². The fraction of sp³-hybridized carbons (Fsp3) is 0.235. The minimum absolute atomic E-state index is 0.227. The number of methoxy groups -OCH3 is 1. The second-order valence-corrected chi connectivity index (χ2v) is 5.01. The highest BCUT2D eigenvalue weighted by Gasteiger charge is 2.44. The zero-order valence-corrected chi connectivity index (χ0v) is 10.9. The largest absolute Gasteiger partial charge is 0.497 e. The molecule has 0 aromatic heterocycles. The van der Waals surface area contributed by atoms with Crippen LogP contribution in [0, 0.1) is 11.3 Å². The number of ether oxygens (including phenoxy) is 1. The van der Waals surface area contributed by atoms with Gasteiger partial charge in [0.2, 0.25) is 0 Å². The van der Waals surface area contributed by atoms with Crippen LogP contribution >= 0.6 is 0 Å². The van der Waals surface area contributed by atoms with E-state index in [2.05, 4.69) is 30.3 Å². The van der Waals surface area contributed by atoms with Crippen molar-refractivity contribution in [2.45, 2.75) is 18.3 Å². The first-order valence-corrected chi connectivity index (χ1v) is 6.44. The maximum atomic E-state index is 9.28. The summed E-state index contributed by atoms with van der Waals surface area (Å²) in [5.41, 5.74) is 3.16. The summed E-state index contributed by atoms with van der Waals surface area (Å²) in [6.07, 6.45) is 1.95. The van der Waals surface area contributed by atoms with E-state index < -0.39 is 0 Å². The van der Waals surface area contributed by atoms with E-state index in [9.17, 15) is 5.26 Å². The van der Waals surface area contributed by atoms with E-state index in [4.69, 9.17) is 4.74 Å². The van der Waals surface area contributed by atoms with Gasteiger partial charge >= 0.3 is 0 Å². The Labute approximate surface area is 113 Å². The molecule has 0 aliphatic heterocycles. The van der Waals surface area contributed by atoms with Crippen molar-refractivity contribution in [3.63, 3.8) is 0 Å². The van der Waals surface area contributed by atoms with Gasteiger partial charge in [-0.15, -0.1) is 0 Å². The molecule has 0 unspecified atom stereocenters. The molecule has 0 radical (unpaired) electrons. The Balaban J connectivity index is 2.02. The second kappa shape index (κ2) is 4.44. The molecule has 0 heterocycles. The molecule has 2 aromatic rings. The lowest BCUT2D eigenvalue weighted by atomic mass is 9.94. The van der Waals surface area contributed by atoms with Crippen LogP contribution in [-0.2, 0) is 5.41 Å². The SMILES string of the molecule is COc1cccc(-c2cccc(C3(C#N)CC3)c2)c1. The number of nitriles is 1. The molecular formula is C17H15NO. The van der Waals surface area contributed by atoms with Gasteiger partial charge in [0.25, 0.3) is 0 Å². The summed E-state index contributed by atoms with van der Waals surface area (Å²) in [4.78, 5) is 0. The van der Waals surface area contributed by atoms with Crippen molar-refractivity contribution in [2.75, 3.05) is 7.11 Å². The first kappa shape index (κ1) is 11.8. The van der Waals surface area contributed by atoms with E-state index in [0.717, 1.165) is 35.3 Å². The lowest BCUT2D eigenvalue weighted by Crippen LogP contribution is -2.02. The quantitative estimate of drug-likeness (QED) is 0.826. The third-order valence-corrected chi connectivity index (χ3v) is 3.78. The van der Waals surface area contributed by atoms with Crippen LogP contribution in [0.1, 0.15) is 18.4 Å². The van der Waals surface area contributed by atoms with Gasteiger partial charge < -0.3 is 4.74 Å². The Morgan fingerprint density at radius 3 is 2.37 bits per heavy atom. The summed E-state index contributed by atoms with van der Waals surface area (Å²) in [7, 11) is 1.67. The highest BCUT2D eigenvalue weighted by atomic mass is 16.5. The van der Waals surface area contributed by atoms with Gasteiger partial charge in [-0.05, 0) is 47.7 Å². The summed E-state index contributed by atoms with van der Waals surface area (Å²) in [5, 5.41) is 9.28. The molecule has 0 atom stereocenters. The van der Waals surface area contributed by atoms with Gasteiger partial charge in [0.1, 0.15) is 5.75 Å². The Kier molecular flexibility index (Phi) is 2.76. The summed E-state index contributed by atoms with van der Waals surface area (Å²) in [6.45, 7) is 0. The van der Waals surface area contributed by atoms with Crippen LogP contribution in [0.25, 0.3) is 11.1 Å². The highest BCUT2D eigenvalue weighted by Crippen LogP contribution is 2.48. The zero-order valence-electron chi connectivity index (χ0n) is 10.9. The van der Waals surface area contributed by atoms with Crippen molar-refractivity contribution in [3.8, 4) is 22.9 Å². The van der Waals surface area contributed by atoms with Gasteiger partial charge in [0.15, 0.2) is 0 Å². The van der Waals surface area contributed by atoms with Crippen LogP contribution in [0.4, 0.5) is 0 Å². The van der Waals surface area contributed by atoms with Gasteiger partial charge in [-0.3, -0.25) is 0 Å². The van der Waals surface area contributed by atoms with E-state index in [-0.39, 0.29) is 5.41 Å². The van der Waals surface area contributed by atoms with Gasteiger partial charge in [-0.2, -0.15) is 5.26 Å². The minimum atomic E-state index is -0.227. The molecule has 0 bridgehead atoms. The number of hydrogen-bond acceptors (Lipinski definition) is 2. The molecule has 19 heavy (non-hydrogen) atoms. The Morgan fingerprint density at radius 1 is 1.05 bits per heavy atom. The fourth-order valence-electron chi connectivity index (χ4n) is 2.39. The molecule has 1 saturated carbocycles. The molecule has 0 amide bonds. The molecule has 0 spiro atoms. The van der Waals surface area contributed by atoms with Crippen LogP contribution in [0.5, 0.6) is 5.75 Å². The highest BCUT2D eigenvalue weighted by molar-refractivity contribution is 5.66. The predicted octanol–water partition coefficient (Wildman–Crippen LogP) is 3.92. The fourth-order valence-corrected chi connectivity index (χ4v) is 2.39. The molecule has 1 fully saturated rings. The van der Waals surface area contributed by atoms with Gasteiger partial charge in [-0.25, -0.2) is 0 Å². The van der Waals surface area contributed by atoms with E-state index in [1.54, 1.807) is 7.11 Å². The Hall–Kier alpha value is -2.27. The van der Waals surface area contributed by atoms with Crippen molar-refractivity contribution < 1.29 is 4.74 Å². The molecule has 2 heteroatoms. The molecule has 2 aromatic carbocycles. The van der Waals surface area contributed by atoms with Crippen molar-refractivity contribution >= 4 is 0 Å². The van der Waals surface area contributed by atoms with E-state index >= 15 is 0 Å². The molecular weight excluding hydrogens is 234 g/mol. The van der Waals surface area contributed by atoms with E-state index in [1.807, 2.05) is 24.3 Å². The van der Waals surface area contributed by atoms with E-state index in [0.29, 0.717) is 0 Å². The molecule has 2 nitrogen and oxygen atoms in total. The van der Waals surface area contributed by atoms with Crippen LogP contribution in [-0.4, -0.2) is 7.11 Å². The summed E-state index contributed by atoms with van der Waals surface area (Å²) >= 11 is 0. The lowest BCUT2D eigenvalue weighted by molar-refractivity contribution is 0.415. The number of hydrogen-bond donors (Lipinski definition) is 0. The molecule has 0 saturated heterocycles. The van der Waals surface area contributed by atoms with Crippen LogP contribution < -0.4 is 4.74 Å². The number of benzene rings is 2. The molecule has 1 aliphatic rings. The van der Waals surface area contributed by atoms with Gasteiger partial charge in [0.05, 0.1) is 18.6 Å². The molecule has 3 rings (SSSR count). The van der Waals surface area contributed by atoms with Gasteiger partial charge in [0, 0.05) is 0 Å². The number of rotatable bonds is 3. The van der Waals surface area contributed by atoms with Crippen molar-refractivity contribution in [1.29, 1.82) is 5.26 Å². The first-order valence-electron chi connectivity index (χ1n) is 6.44. The van der Waals surface area contributed by atoms with Crippen LogP contribution in [0.3, 0.4) is 0 Å².